The zero-order valence-corrected chi connectivity index (χ0v) is 14.1. The van der Waals surface area contributed by atoms with Gasteiger partial charge < -0.3 is 20.1 Å². The van der Waals surface area contributed by atoms with E-state index in [1.807, 2.05) is 0 Å². The van der Waals surface area contributed by atoms with Crippen LogP contribution in [0, 0.1) is 0 Å². The normalized spacial score (nSPS) is 11.4. The standard InChI is InChI=1S/C13H18Cl3N3O2/c1-17-13(18-3-5-20-2)19-4-6-21-12-10(15)7-9(14)8-11(12)16/h7-8H,3-6H2,1-2H3,(H2,17,18,19). The Hall–Kier alpha value is -0.880. The molecular formula is C13H18Cl3N3O2. The van der Waals surface area contributed by atoms with Crippen molar-refractivity contribution >= 4 is 40.8 Å². The lowest BCUT2D eigenvalue weighted by Gasteiger charge is -2.13. The molecule has 0 saturated heterocycles. The topological polar surface area (TPSA) is 54.9 Å². The van der Waals surface area contributed by atoms with Gasteiger partial charge in [-0.05, 0) is 12.1 Å². The minimum absolute atomic E-state index is 0.381. The second kappa shape index (κ2) is 9.95. The molecule has 2 N–H and O–H groups in total. The van der Waals surface area contributed by atoms with E-state index in [-0.39, 0.29) is 0 Å². The lowest BCUT2D eigenvalue weighted by atomic mass is 10.3. The Morgan fingerprint density at radius 2 is 1.67 bits per heavy atom. The van der Waals surface area contributed by atoms with E-state index in [1.165, 1.54) is 0 Å². The van der Waals surface area contributed by atoms with Crippen LogP contribution < -0.4 is 15.4 Å². The molecule has 1 aromatic rings. The minimum atomic E-state index is 0.381. The predicted molar refractivity (Wildman–Crippen MR) is 88.2 cm³/mol. The highest BCUT2D eigenvalue weighted by molar-refractivity contribution is 6.40. The molecule has 1 rings (SSSR count). The lowest BCUT2D eigenvalue weighted by Crippen LogP contribution is -2.40. The lowest BCUT2D eigenvalue weighted by molar-refractivity contribution is 0.203. The first-order chi connectivity index (χ1) is 10.1. The summed E-state index contributed by atoms with van der Waals surface area (Å²) >= 11 is 17.9. The Bertz CT molecular complexity index is 461. The molecule has 8 heteroatoms. The molecule has 0 atom stereocenters. The summed E-state index contributed by atoms with van der Waals surface area (Å²) in [5.41, 5.74) is 0. The number of nitrogens with zero attached hydrogens (tertiary/aromatic N) is 1. The van der Waals surface area contributed by atoms with E-state index in [0.717, 1.165) is 0 Å². The van der Waals surface area contributed by atoms with Gasteiger partial charge in [0, 0.05) is 25.7 Å². The fraction of sp³-hybridized carbons (Fsp3) is 0.462. The van der Waals surface area contributed by atoms with Crippen molar-refractivity contribution in [3.8, 4) is 5.75 Å². The smallest absolute Gasteiger partial charge is 0.191 e. The van der Waals surface area contributed by atoms with Crippen LogP contribution in [-0.4, -0.2) is 46.4 Å². The quantitative estimate of drug-likeness (QED) is 0.449. The monoisotopic (exact) mass is 353 g/mol. The maximum atomic E-state index is 6.02. The summed E-state index contributed by atoms with van der Waals surface area (Å²) in [7, 11) is 3.33. The van der Waals surface area contributed by atoms with Gasteiger partial charge >= 0.3 is 0 Å². The number of benzene rings is 1. The van der Waals surface area contributed by atoms with Gasteiger partial charge in [0.1, 0.15) is 6.61 Å². The largest absolute Gasteiger partial charge is 0.489 e. The number of guanidine groups is 1. The van der Waals surface area contributed by atoms with Gasteiger partial charge in [0.05, 0.1) is 23.2 Å². The van der Waals surface area contributed by atoms with Crippen molar-refractivity contribution in [1.82, 2.24) is 10.6 Å². The fourth-order valence-corrected chi connectivity index (χ4v) is 2.41. The van der Waals surface area contributed by atoms with Crippen LogP contribution in [0.25, 0.3) is 0 Å². The average Bonchev–Trinajstić information content (AvgIpc) is 2.43. The number of hydrogen-bond donors (Lipinski definition) is 2. The number of hydrogen-bond acceptors (Lipinski definition) is 3. The third-order valence-corrected chi connectivity index (χ3v) is 3.21. The Morgan fingerprint density at radius 3 is 2.19 bits per heavy atom. The number of methoxy groups -OCH3 is 1. The number of rotatable bonds is 7. The van der Waals surface area contributed by atoms with Gasteiger partial charge in [0.2, 0.25) is 0 Å². The molecule has 118 valence electrons. The Balaban J connectivity index is 2.37. The maximum Gasteiger partial charge on any atom is 0.191 e. The number of aliphatic imine (C=N–C) groups is 1. The first kappa shape index (κ1) is 18.2. The number of nitrogens with one attached hydrogen (secondary N) is 2. The zero-order valence-electron chi connectivity index (χ0n) is 11.9. The van der Waals surface area contributed by atoms with Gasteiger partial charge in [-0.25, -0.2) is 0 Å². The van der Waals surface area contributed by atoms with Crippen molar-refractivity contribution < 1.29 is 9.47 Å². The number of halogens is 3. The van der Waals surface area contributed by atoms with Gasteiger partial charge in [-0.3, -0.25) is 4.99 Å². The van der Waals surface area contributed by atoms with Crippen molar-refractivity contribution in [2.75, 3.05) is 40.5 Å². The van der Waals surface area contributed by atoms with Gasteiger partial charge in [-0.15, -0.1) is 0 Å². The fourth-order valence-electron chi connectivity index (χ4n) is 1.48. The van der Waals surface area contributed by atoms with E-state index in [1.54, 1.807) is 26.3 Å². The molecule has 0 saturated carbocycles. The van der Waals surface area contributed by atoms with Crippen molar-refractivity contribution in [3.63, 3.8) is 0 Å². The molecule has 0 spiro atoms. The van der Waals surface area contributed by atoms with Crippen LogP contribution in [0.2, 0.25) is 15.1 Å². The third kappa shape index (κ3) is 6.61. The van der Waals surface area contributed by atoms with Gasteiger partial charge in [0.25, 0.3) is 0 Å². The third-order valence-electron chi connectivity index (χ3n) is 2.43. The Kier molecular flexibility index (Phi) is 8.61. The molecule has 0 bridgehead atoms. The Morgan fingerprint density at radius 1 is 1.10 bits per heavy atom. The molecule has 0 aliphatic carbocycles. The highest BCUT2D eigenvalue weighted by Gasteiger charge is 2.09. The zero-order chi connectivity index (χ0) is 15.7. The molecular weight excluding hydrogens is 337 g/mol. The van der Waals surface area contributed by atoms with Crippen LogP contribution in [0.3, 0.4) is 0 Å². The summed E-state index contributed by atoms with van der Waals surface area (Å²) in [5.74, 6) is 1.09. The van der Waals surface area contributed by atoms with Gasteiger partial charge in [0.15, 0.2) is 11.7 Å². The van der Waals surface area contributed by atoms with Gasteiger partial charge in [-0.1, -0.05) is 34.8 Å². The molecule has 0 aromatic heterocycles. The molecule has 0 heterocycles. The first-order valence-corrected chi connectivity index (χ1v) is 7.42. The Labute approximate surface area is 139 Å². The van der Waals surface area contributed by atoms with Crippen LogP contribution in [0.15, 0.2) is 17.1 Å². The molecule has 0 radical (unpaired) electrons. The van der Waals surface area contributed by atoms with Crippen LogP contribution in [0.5, 0.6) is 5.75 Å². The highest BCUT2D eigenvalue weighted by atomic mass is 35.5. The van der Waals surface area contributed by atoms with Crippen molar-refractivity contribution in [2.45, 2.75) is 0 Å². The predicted octanol–water partition coefficient (Wildman–Crippen LogP) is 2.84. The average molecular weight is 355 g/mol. The molecule has 5 nitrogen and oxygen atoms in total. The summed E-state index contributed by atoms with van der Waals surface area (Å²) in [5, 5.41) is 7.42. The van der Waals surface area contributed by atoms with Crippen LogP contribution in [0.4, 0.5) is 0 Å². The molecule has 0 aliphatic rings. The molecule has 21 heavy (non-hydrogen) atoms. The van der Waals surface area contributed by atoms with Crippen molar-refractivity contribution in [3.05, 3.63) is 27.2 Å². The molecule has 0 unspecified atom stereocenters. The van der Waals surface area contributed by atoms with E-state index < -0.39 is 0 Å². The summed E-state index contributed by atoms with van der Waals surface area (Å²) in [6.45, 7) is 2.20. The second-order valence-electron chi connectivity index (χ2n) is 3.97. The summed E-state index contributed by atoms with van der Waals surface area (Å²) in [4.78, 5) is 4.06. The van der Waals surface area contributed by atoms with Crippen LogP contribution >= 0.6 is 34.8 Å². The van der Waals surface area contributed by atoms with Crippen molar-refractivity contribution in [1.29, 1.82) is 0 Å². The minimum Gasteiger partial charge on any atom is -0.489 e. The highest BCUT2D eigenvalue weighted by Crippen LogP contribution is 2.35. The summed E-state index contributed by atoms with van der Waals surface area (Å²) < 4.78 is 10.5. The molecule has 0 aliphatic heterocycles. The summed E-state index contributed by atoms with van der Waals surface area (Å²) in [6, 6.07) is 3.17. The maximum absolute atomic E-state index is 6.02. The van der Waals surface area contributed by atoms with E-state index >= 15 is 0 Å². The molecule has 1 aromatic carbocycles. The SMILES string of the molecule is CN=C(NCCOC)NCCOc1c(Cl)cc(Cl)cc1Cl. The molecule has 0 amide bonds. The van der Waals surface area contributed by atoms with Crippen molar-refractivity contribution in [2.24, 2.45) is 4.99 Å². The van der Waals surface area contributed by atoms with Gasteiger partial charge in [-0.2, -0.15) is 0 Å². The van der Waals surface area contributed by atoms with E-state index in [4.69, 9.17) is 44.3 Å². The van der Waals surface area contributed by atoms with Crippen LogP contribution in [-0.2, 0) is 4.74 Å². The number of ether oxygens (including phenoxy) is 2. The van der Waals surface area contributed by atoms with E-state index in [2.05, 4.69) is 15.6 Å². The van der Waals surface area contributed by atoms with E-state index in [0.29, 0.717) is 53.1 Å². The summed E-state index contributed by atoms with van der Waals surface area (Å²) in [6.07, 6.45) is 0. The second-order valence-corrected chi connectivity index (χ2v) is 5.22. The van der Waals surface area contributed by atoms with Crippen LogP contribution in [0.1, 0.15) is 0 Å². The first-order valence-electron chi connectivity index (χ1n) is 6.29. The van der Waals surface area contributed by atoms with E-state index in [9.17, 15) is 0 Å². The molecule has 0 fully saturated rings.